The Kier molecular flexibility index (Phi) is 23.0. The van der Waals surface area contributed by atoms with Gasteiger partial charge in [0.1, 0.15) is 0 Å². The van der Waals surface area contributed by atoms with Crippen molar-refractivity contribution in [1.82, 2.24) is 0 Å². The van der Waals surface area contributed by atoms with E-state index in [4.69, 9.17) is 5.11 Å². The van der Waals surface area contributed by atoms with E-state index in [0.29, 0.717) is 6.61 Å². The van der Waals surface area contributed by atoms with Crippen LogP contribution in [0.5, 0.6) is 0 Å². The van der Waals surface area contributed by atoms with E-state index in [1.54, 1.807) is 0 Å². The first kappa shape index (κ1) is 20.3. The Morgan fingerprint density at radius 2 is 0.824 bits per heavy atom. The largest absolute Gasteiger partial charge is 0.396 e. The summed E-state index contributed by atoms with van der Waals surface area (Å²) in [5.41, 5.74) is 0. The third kappa shape index (κ3) is 19.5. The van der Waals surface area contributed by atoms with E-state index >= 15 is 0 Å². The molecule has 0 heterocycles. The first-order valence-corrected chi connectivity index (χ1v) is 7.52. The number of aliphatic hydroxyl groups is 1. The van der Waals surface area contributed by atoms with Gasteiger partial charge in [-0.25, -0.2) is 0 Å². The molecule has 0 rings (SSSR count). The molecule has 0 aliphatic carbocycles. The standard InChI is InChI=1S/C15H32O.Na/c1-2-3-4-5-6-7-8-9-10-11-12-13-14-15-16;/h16H,2-15H2,1H3;. The average molecular weight is 251 g/mol. The Morgan fingerprint density at radius 1 is 0.529 bits per heavy atom. The van der Waals surface area contributed by atoms with Gasteiger partial charge in [0.05, 0.1) is 0 Å². The van der Waals surface area contributed by atoms with Crippen molar-refractivity contribution < 1.29 is 5.11 Å². The molecule has 0 aromatic heterocycles. The van der Waals surface area contributed by atoms with Gasteiger partial charge in [-0.1, -0.05) is 84.0 Å². The van der Waals surface area contributed by atoms with Crippen LogP contribution >= 0.6 is 0 Å². The molecule has 0 unspecified atom stereocenters. The van der Waals surface area contributed by atoms with Crippen LogP contribution in [0.25, 0.3) is 0 Å². The summed E-state index contributed by atoms with van der Waals surface area (Å²) >= 11 is 0. The van der Waals surface area contributed by atoms with Crippen molar-refractivity contribution in [3.05, 3.63) is 0 Å². The van der Waals surface area contributed by atoms with Crippen molar-refractivity contribution in [1.29, 1.82) is 0 Å². The molecule has 0 aliphatic rings. The van der Waals surface area contributed by atoms with Crippen molar-refractivity contribution >= 4 is 29.6 Å². The van der Waals surface area contributed by atoms with Crippen LogP contribution in [0.4, 0.5) is 0 Å². The molecule has 0 saturated heterocycles. The van der Waals surface area contributed by atoms with Crippen LogP contribution in [0.3, 0.4) is 0 Å². The topological polar surface area (TPSA) is 20.2 Å². The third-order valence-corrected chi connectivity index (χ3v) is 3.26. The Hall–Kier alpha value is 0.960. The number of rotatable bonds is 13. The minimum absolute atomic E-state index is 0. The van der Waals surface area contributed by atoms with Crippen molar-refractivity contribution in [2.75, 3.05) is 6.61 Å². The summed E-state index contributed by atoms with van der Waals surface area (Å²) < 4.78 is 0. The van der Waals surface area contributed by atoms with Gasteiger partial charge in [-0.2, -0.15) is 0 Å². The van der Waals surface area contributed by atoms with E-state index in [9.17, 15) is 0 Å². The fourth-order valence-corrected chi connectivity index (χ4v) is 2.13. The van der Waals surface area contributed by atoms with Crippen LogP contribution in [0.2, 0.25) is 0 Å². The van der Waals surface area contributed by atoms with Gasteiger partial charge in [-0.3, -0.25) is 0 Å². The summed E-state index contributed by atoms with van der Waals surface area (Å²) in [6.07, 6.45) is 17.7. The molecular formula is C15H32NaO. The molecule has 1 N–H and O–H groups in total. The van der Waals surface area contributed by atoms with Crippen molar-refractivity contribution in [2.45, 2.75) is 90.4 Å². The minimum atomic E-state index is 0. The summed E-state index contributed by atoms with van der Waals surface area (Å²) in [6.45, 7) is 2.65. The zero-order chi connectivity index (χ0) is 11.9. The van der Waals surface area contributed by atoms with E-state index in [1.807, 2.05) is 0 Å². The Morgan fingerprint density at radius 3 is 1.12 bits per heavy atom. The van der Waals surface area contributed by atoms with Gasteiger partial charge in [0.15, 0.2) is 0 Å². The van der Waals surface area contributed by atoms with Crippen LogP contribution < -0.4 is 0 Å². The molecular weight excluding hydrogens is 219 g/mol. The van der Waals surface area contributed by atoms with Gasteiger partial charge in [0.25, 0.3) is 0 Å². The number of hydrogen-bond acceptors (Lipinski definition) is 1. The Labute approximate surface area is 131 Å². The molecule has 1 nitrogen and oxygen atoms in total. The molecule has 0 aromatic carbocycles. The molecule has 0 atom stereocenters. The van der Waals surface area contributed by atoms with Crippen molar-refractivity contribution in [3.8, 4) is 0 Å². The molecule has 0 spiro atoms. The SMILES string of the molecule is CCCCCCCCCCCCCCCO.[Na]. The van der Waals surface area contributed by atoms with E-state index in [-0.39, 0.29) is 29.6 Å². The van der Waals surface area contributed by atoms with Crippen LogP contribution in [-0.4, -0.2) is 41.3 Å². The number of unbranched alkanes of at least 4 members (excludes halogenated alkanes) is 12. The van der Waals surface area contributed by atoms with Gasteiger partial charge in [0.2, 0.25) is 0 Å². The normalized spacial score (nSPS) is 10.2. The zero-order valence-electron chi connectivity index (χ0n) is 12.3. The fourth-order valence-electron chi connectivity index (χ4n) is 2.13. The van der Waals surface area contributed by atoms with Gasteiger partial charge < -0.3 is 5.11 Å². The van der Waals surface area contributed by atoms with Gasteiger partial charge in [0, 0.05) is 36.2 Å². The minimum Gasteiger partial charge on any atom is -0.396 e. The van der Waals surface area contributed by atoms with Gasteiger partial charge in [-0.05, 0) is 6.42 Å². The molecule has 0 aromatic rings. The van der Waals surface area contributed by atoms with Crippen LogP contribution in [0.1, 0.15) is 90.4 Å². The summed E-state index contributed by atoms with van der Waals surface area (Å²) in [5.74, 6) is 0. The summed E-state index contributed by atoms with van der Waals surface area (Å²) in [7, 11) is 0. The van der Waals surface area contributed by atoms with Crippen molar-refractivity contribution in [2.24, 2.45) is 0 Å². The molecule has 0 amide bonds. The third-order valence-electron chi connectivity index (χ3n) is 3.26. The summed E-state index contributed by atoms with van der Waals surface area (Å²) in [5, 5.41) is 8.63. The first-order valence-electron chi connectivity index (χ1n) is 7.52. The maximum absolute atomic E-state index is 8.63. The molecule has 17 heavy (non-hydrogen) atoms. The maximum Gasteiger partial charge on any atom is 0.0431 e. The van der Waals surface area contributed by atoms with Gasteiger partial charge >= 0.3 is 0 Å². The number of aliphatic hydroxyl groups excluding tert-OH is 1. The monoisotopic (exact) mass is 251 g/mol. The zero-order valence-corrected chi connectivity index (χ0v) is 14.3. The molecule has 2 heteroatoms. The second-order valence-electron chi connectivity index (χ2n) is 4.97. The van der Waals surface area contributed by atoms with E-state index in [2.05, 4.69) is 6.92 Å². The molecule has 0 fully saturated rings. The molecule has 0 saturated carbocycles. The Bertz CT molecular complexity index is 103. The predicted octanol–water partition coefficient (Wildman–Crippen LogP) is 4.69. The average Bonchev–Trinajstić information content (AvgIpc) is 2.31. The Balaban J connectivity index is 0. The maximum atomic E-state index is 8.63. The second kappa shape index (κ2) is 19.3. The van der Waals surface area contributed by atoms with Crippen LogP contribution in [0, 0.1) is 0 Å². The smallest absolute Gasteiger partial charge is 0.0431 e. The molecule has 1 radical (unpaired) electrons. The van der Waals surface area contributed by atoms with Crippen LogP contribution in [-0.2, 0) is 0 Å². The first-order chi connectivity index (χ1) is 7.91. The predicted molar refractivity (Wildman–Crippen MR) is 78.5 cm³/mol. The molecule has 0 bridgehead atoms. The van der Waals surface area contributed by atoms with E-state index < -0.39 is 0 Å². The van der Waals surface area contributed by atoms with Crippen molar-refractivity contribution in [3.63, 3.8) is 0 Å². The van der Waals surface area contributed by atoms with Crippen LogP contribution in [0.15, 0.2) is 0 Å². The molecule has 0 aliphatic heterocycles. The van der Waals surface area contributed by atoms with E-state index in [1.165, 1.54) is 77.0 Å². The van der Waals surface area contributed by atoms with E-state index in [0.717, 1.165) is 6.42 Å². The summed E-state index contributed by atoms with van der Waals surface area (Å²) in [6, 6.07) is 0. The quantitative estimate of drug-likeness (QED) is 0.372. The fraction of sp³-hybridized carbons (Fsp3) is 1.00. The molecule has 99 valence electrons. The summed E-state index contributed by atoms with van der Waals surface area (Å²) in [4.78, 5) is 0. The van der Waals surface area contributed by atoms with Gasteiger partial charge in [-0.15, -0.1) is 0 Å². The second-order valence-corrected chi connectivity index (χ2v) is 4.97. The number of hydrogen-bond donors (Lipinski definition) is 1.